The molecule has 0 amide bonds. The van der Waals surface area contributed by atoms with Gasteiger partial charge >= 0.3 is 0 Å². The number of aryl methyl sites for hydroxylation is 1. The summed E-state index contributed by atoms with van der Waals surface area (Å²) in [6, 6.07) is 85.1. The minimum absolute atomic E-state index is 1.02. The van der Waals surface area contributed by atoms with E-state index in [0.29, 0.717) is 0 Å². The standard InChI is InChI=1S/C59H43BN3/c1-41-18-14-17-29-56(41)63-57-39-45(43-21-8-3-9-22-43)32-36-54(57)60-58-53(38-46-23-15-16-28-51(46)59(58)63)52-40-50(62(48-24-10-4-11-25-48)49-26-12-5-13-27-49)35-37-55(52)61-47-33-30-44(31-34-47)42-19-6-2-7-20-42/h2-40,61H,1H3. The number of nitrogens with zero attached hydrogens (tertiary/aromatic N) is 2. The Hall–Kier alpha value is -8.08. The zero-order valence-electron chi connectivity index (χ0n) is 35.0. The molecule has 1 radical (unpaired) electrons. The van der Waals surface area contributed by atoms with E-state index in [1.165, 1.54) is 55.2 Å². The lowest BCUT2D eigenvalue weighted by Crippen LogP contribution is -2.41. The van der Waals surface area contributed by atoms with E-state index in [9.17, 15) is 0 Å². The van der Waals surface area contributed by atoms with E-state index in [1.807, 2.05) is 0 Å². The number of para-hydroxylation sites is 3. The SMILES string of the molecule is Cc1ccccc1N1c2cc(-c3ccccc3)ccc2[B]c2c(-c3cc(N(c4ccccc4)c4ccccc4)ccc3Nc3ccc(-c4ccccc4)cc3)cc3ccccc3c21. The Balaban J connectivity index is 1.15. The van der Waals surface area contributed by atoms with E-state index in [2.05, 4.69) is 266 Å². The summed E-state index contributed by atoms with van der Waals surface area (Å²) in [6.45, 7) is 2.22. The summed E-state index contributed by atoms with van der Waals surface area (Å²) in [6.07, 6.45) is 0. The monoisotopic (exact) mass is 804 g/mol. The molecule has 0 saturated carbocycles. The van der Waals surface area contributed by atoms with Gasteiger partial charge < -0.3 is 15.1 Å². The molecule has 1 aliphatic rings. The van der Waals surface area contributed by atoms with Crippen molar-refractivity contribution in [3.8, 4) is 33.4 Å². The van der Waals surface area contributed by atoms with Crippen molar-refractivity contribution in [2.75, 3.05) is 15.1 Å². The van der Waals surface area contributed by atoms with Gasteiger partial charge in [-0.15, -0.1) is 0 Å². The summed E-state index contributed by atoms with van der Waals surface area (Å²) >= 11 is 0. The van der Waals surface area contributed by atoms with Gasteiger partial charge in [0.15, 0.2) is 7.28 Å². The fourth-order valence-electron chi connectivity index (χ4n) is 9.10. The quantitative estimate of drug-likeness (QED) is 0.147. The third-order valence-electron chi connectivity index (χ3n) is 12.2. The highest BCUT2D eigenvalue weighted by Crippen LogP contribution is 2.46. The zero-order valence-corrected chi connectivity index (χ0v) is 35.0. The van der Waals surface area contributed by atoms with Crippen molar-refractivity contribution in [1.29, 1.82) is 0 Å². The van der Waals surface area contributed by atoms with Crippen molar-refractivity contribution in [3.05, 3.63) is 242 Å². The smallest absolute Gasteiger partial charge is 0.197 e. The molecule has 11 rings (SSSR count). The van der Waals surface area contributed by atoms with Crippen LogP contribution >= 0.6 is 0 Å². The summed E-state index contributed by atoms with van der Waals surface area (Å²) in [7, 11) is 2.41. The van der Waals surface area contributed by atoms with Crippen LogP contribution in [0.4, 0.5) is 45.5 Å². The Bertz CT molecular complexity index is 3180. The predicted octanol–water partition coefficient (Wildman–Crippen LogP) is 14.8. The van der Waals surface area contributed by atoms with Crippen LogP contribution in [0.3, 0.4) is 0 Å². The topological polar surface area (TPSA) is 18.5 Å². The van der Waals surface area contributed by atoms with Crippen LogP contribution < -0.4 is 26.0 Å². The lowest BCUT2D eigenvalue weighted by atomic mass is 9.57. The van der Waals surface area contributed by atoms with E-state index in [4.69, 9.17) is 0 Å². The van der Waals surface area contributed by atoms with Gasteiger partial charge in [-0.1, -0.05) is 169 Å². The van der Waals surface area contributed by atoms with Crippen molar-refractivity contribution >= 4 is 74.5 Å². The van der Waals surface area contributed by atoms with Gasteiger partial charge in [0.2, 0.25) is 0 Å². The van der Waals surface area contributed by atoms with Crippen LogP contribution in [-0.2, 0) is 0 Å². The van der Waals surface area contributed by atoms with E-state index >= 15 is 0 Å². The van der Waals surface area contributed by atoms with Crippen LogP contribution in [0.2, 0.25) is 0 Å². The molecule has 297 valence electrons. The average Bonchev–Trinajstić information content (AvgIpc) is 3.35. The fourth-order valence-corrected chi connectivity index (χ4v) is 9.10. The number of fused-ring (bicyclic) bond motifs is 4. The highest BCUT2D eigenvalue weighted by molar-refractivity contribution is 6.74. The molecule has 0 saturated heterocycles. The van der Waals surface area contributed by atoms with E-state index in [0.717, 1.165) is 50.9 Å². The zero-order chi connectivity index (χ0) is 42.1. The summed E-state index contributed by atoms with van der Waals surface area (Å²) in [4.78, 5) is 4.86. The molecule has 1 N–H and O–H groups in total. The second kappa shape index (κ2) is 16.4. The second-order valence-electron chi connectivity index (χ2n) is 16.1. The minimum Gasteiger partial charge on any atom is -0.355 e. The van der Waals surface area contributed by atoms with Crippen molar-refractivity contribution in [1.82, 2.24) is 0 Å². The van der Waals surface area contributed by atoms with E-state index in [-0.39, 0.29) is 0 Å². The first-order chi connectivity index (χ1) is 31.2. The van der Waals surface area contributed by atoms with Gasteiger partial charge in [0.05, 0.1) is 0 Å². The van der Waals surface area contributed by atoms with Crippen molar-refractivity contribution in [3.63, 3.8) is 0 Å². The predicted molar refractivity (Wildman–Crippen MR) is 269 cm³/mol. The molecule has 1 heterocycles. The average molecular weight is 805 g/mol. The molecule has 0 spiro atoms. The summed E-state index contributed by atoms with van der Waals surface area (Å²) < 4.78 is 0. The number of rotatable bonds is 9. The lowest BCUT2D eigenvalue weighted by molar-refractivity contribution is 1.27. The molecule has 0 atom stereocenters. The van der Waals surface area contributed by atoms with Gasteiger partial charge in [-0.3, -0.25) is 0 Å². The lowest BCUT2D eigenvalue weighted by Gasteiger charge is -2.37. The maximum Gasteiger partial charge on any atom is 0.197 e. The molecular weight excluding hydrogens is 761 g/mol. The van der Waals surface area contributed by atoms with Crippen LogP contribution in [0.5, 0.6) is 0 Å². The van der Waals surface area contributed by atoms with Crippen LogP contribution in [0.25, 0.3) is 44.2 Å². The van der Waals surface area contributed by atoms with Crippen LogP contribution in [0.15, 0.2) is 237 Å². The maximum atomic E-state index is 3.90. The molecule has 4 heteroatoms. The van der Waals surface area contributed by atoms with Crippen LogP contribution in [0.1, 0.15) is 5.56 Å². The van der Waals surface area contributed by atoms with Crippen molar-refractivity contribution in [2.45, 2.75) is 6.92 Å². The Morgan fingerprint density at radius 1 is 0.429 bits per heavy atom. The molecule has 0 aliphatic carbocycles. The molecule has 0 fully saturated rings. The molecule has 10 aromatic carbocycles. The van der Waals surface area contributed by atoms with Crippen LogP contribution in [0, 0.1) is 6.92 Å². The second-order valence-corrected chi connectivity index (χ2v) is 16.1. The van der Waals surface area contributed by atoms with Gasteiger partial charge in [0.1, 0.15) is 0 Å². The number of hydrogen-bond donors (Lipinski definition) is 1. The molecule has 10 aromatic rings. The summed E-state index contributed by atoms with van der Waals surface area (Å²) in [5.74, 6) is 0. The van der Waals surface area contributed by atoms with Gasteiger partial charge in [0.25, 0.3) is 0 Å². The molecule has 0 bridgehead atoms. The highest BCUT2D eigenvalue weighted by atomic mass is 15.2. The summed E-state index contributed by atoms with van der Waals surface area (Å²) in [5, 5.41) is 6.27. The first-order valence-electron chi connectivity index (χ1n) is 21.6. The largest absolute Gasteiger partial charge is 0.355 e. The molecule has 63 heavy (non-hydrogen) atoms. The fraction of sp³-hybridized carbons (Fsp3) is 0.0169. The molecule has 0 aromatic heterocycles. The van der Waals surface area contributed by atoms with Gasteiger partial charge in [-0.05, 0) is 124 Å². The number of anilines is 8. The van der Waals surface area contributed by atoms with Crippen molar-refractivity contribution < 1.29 is 0 Å². The first kappa shape index (κ1) is 37.9. The Morgan fingerprint density at radius 2 is 1.00 bits per heavy atom. The number of nitrogens with one attached hydrogen (secondary N) is 1. The third kappa shape index (κ3) is 7.22. The maximum absolute atomic E-state index is 3.90. The Morgan fingerprint density at radius 3 is 1.68 bits per heavy atom. The summed E-state index contributed by atoms with van der Waals surface area (Å²) in [5.41, 5.74) is 19.3. The van der Waals surface area contributed by atoms with E-state index in [1.54, 1.807) is 0 Å². The molecule has 0 unspecified atom stereocenters. The molecule has 1 aliphatic heterocycles. The Kier molecular flexibility index (Phi) is 9.87. The first-order valence-corrected chi connectivity index (χ1v) is 21.6. The van der Waals surface area contributed by atoms with Crippen LogP contribution in [-0.4, -0.2) is 7.28 Å². The molecule has 3 nitrogen and oxygen atoms in total. The number of hydrogen-bond acceptors (Lipinski definition) is 3. The Labute approximate surface area is 370 Å². The van der Waals surface area contributed by atoms with Gasteiger partial charge in [-0.25, -0.2) is 0 Å². The molecular formula is C59H43BN3. The number of benzene rings is 10. The van der Waals surface area contributed by atoms with Gasteiger partial charge in [0, 0.05) is 56.4 Å². The minimum atomic E-state index is 1.02. The van der Waals surface area contributed by atoms with E-state index < -0.39 is 0 Å². The van der Waals surface area contributed by atoms with Gasteiger partial charge in [-0.2, -0.15) is 0 Å². The van der Waals surface area contributed by atoms with Crippen molar-refractivity contribution in [2.24, 2.45) is 0 Å². The third-order valence-corrected chi connectivity index (χ3v) is 12.2. The normalized spacial score (nSPS) is 11.7. The highest BCUT2D eigenvalue weighted by Gasteiger charge is 2.31.